The molecule has 2 fully saturated rings. The summed E-state index contributed by atoms with van der Waals surface area (Å²) in [6, 6.07) is 3.52. The predicted octanol–water partition coefficient (Wildman–Crippen LogP) is 1.22. The number of aryl methyl sites for hydroxylation is 1. The van der Waals surface area contributed by atoms with E-state index in [1.807, 2.05) is 0 Å². The Kier molecular flexibility index (Phi) is 4.56. The molecule has 9 heteroatoms. The maximum atomic E-state index is 13.3. The quantitative estimate of drug-likeness (QED) is 0.846. The highest BCUT2D eigenvalue weighted by Crippen LogP contribution is 2.43. The first kappa shape index (κ1) is 18.8. The van der Waals surface area contributed by atoms with E-state index < -0.39 is 33.3 Å². The lowest BCUT2D eigenvalue weighted by molar-refractivity contribution is -0.145. The Hall–Kier alpha value is -2.00. The highest BCUT2D eigenvalue weighted by Gasteiger charge is 2.56. The van der Waals surface area contributed by atoms with Gasteiger partial charge in [-0.2, -0.15) is 4.31 Å². The van der Waals surface area contributed by atoms with E-state index in [0.29, 0.717) is 5.56 Å². The Morgan fingerprint density at radius 3 is 2.46 bits per heavy atom. The smallest absolute Gasteiger partial charge is 0.309 e. The number of aliphatic carboxylic acids is 1. The third-order valence-corrected chi connectivity index (χ3v) is 7.77. The number of benzene rings is 1. The topological polar surface area (TPSA) is 95.0 Å². The second kappa shape index (κ2) is 6.31. The summed E-state index contributed by atoms with van der Waals surface area (Å²) in [4.78, 5) is 25.1. The molecule has 2 heterocycles. The summed E-state index contributed by atoms with van der Waals surface area (Å²) in [5.74, 6) is -2.61. The third-order valence-electron chi connectivity index (χ3n) is 5.71. The summed E-state index contributed by atoms with van der Waals surface area (Å²) < 4.78 is 40.3. The maximum absolute atomic E-state index is 13.3. The van der Waals surface area contributed by atoms with E-state index in [0.717, 1.165) is 6.07 Å². The van der Waals surface area contributed by atoms with Gasteiger partial charge in [-0.15, -0.1) is 0 Å². The van der Waals surface area contributed by atoms with Crippen LogP contribution in [0.2, 0.25) is 0 Å². The fraction of sp³-hybridized carbons (Fsp3) is 0.529. The molecule has 1 aromatic rings. The van der Waals surface area contributed by atoms with Gasteiger partial charge in [-0.3, -0.25) is 9.59 Å². The highest BCUT2D eigenvalue weighted by molar-refractivity contribution is 7.89. The molecular formula is C17H21FN2O5S. The van der Waals surface area contributed by atoms with Crippen LogP contribution >= 0.6 is 0 Å². The van der Waals surface area contributed by atoms with E-state index in [-0.39, 0.29) is 43.2 Å². The van der Waals surface area contributed by atoms with E-state index >= 15 is 0 Å². The largest absolute Gasteiger partial charge is 0.481 e. The van der Waals surface area contributed by atoms with Crippen molar-refractivity contribution < 1.29 is 27.5 Å². The number of nitrogens with zero attached hydrogens (tertiary/aromatic N) is 2. The molecule has 1 spiro atoms. The lowest BCUT2D eigenvalue weighted by Crippen LogP contribution is -2.56. The number of sulfonamides is 1. The first-order valence-corrected chi connectivity index (χ1v) is 9.79. The molecule has 0 aromatic heterocycles. The van der Waals surface area contributed by atoms with Crippen LogP contribution in [-0.2, 0) is 19.6 Å². The number of carbonyl (C=O) groups is 2. The normalized spacial score (nSPS) is 23.6. The van der Waals surface area contributed by atoms with Gasteiger partial charge in [0.05, 0.1) is 16.4 Å². The number of halogens is 1. The standard InChI is InChI=1S/C17H21FN2O5S/c1-11-9-12(18)3-4-14(11)26(24,25)20-7-5-17(6-8-20)13(16(22)23)10-15(21)19(17)2/h3-4,9,13H,5-8,10H2,1-2H3,(H,22,23). The van der Waals surface area contributed by atoms with Gasteiger partial charge in [0.1, 0.15) is 5.82 Å². The van der Waals surface area contributed by atoms with E-state index in [9.17, 15) is 27.5 Å². The molecule has 1 atom stereocenters. The molecule has 142 valence electrons. The number of hydrogen-bond acceptors (Lipinski definition) is 4. The summed E-state index contributed by atoms with van der Waals surface area (Å²) in [6.07, 6.45) is 0.451. The van der Waals surface area contributed by atoms with E-state index in [1.54, 1.807) is 7.05 Å². The first-order chi connectivity index (χ1) is 12.1. The monoisotopic (exact) mass is 384 g/mol. The molecule has 0 aliphatic carbocycles. The van der Waals surface area contributed by atoms with Gasteiger partial charge in [-0.25, -0.2) is 12.8 Å². The Bertz CT molecular complexity index is 862. The van der Waals surface area contributed by atoms with Crippen molar-refractivity contribution in [1.29, 1.82) is 0 Å². The maximum Gasteiger partial charge on any atom is 0.309 e. The van der Waals surface area contributed by atoms with E-state index in [1.165, 1.54) is 28.3 Å². The SMILES string of the molecule is Cc1cc(F)ccc1S(=O)(=O)N1CCC2(CC1)C(C(=O)O)CC(=O)N2C. The van der Waals surface area contributed by atoms with Crippen LogP contribution in [0, 0.1) is 18.7 Å². The van der Waals surface area contributed by atoms with Crippen LogP contribution in [0.5, 0.6) is 0 Å². The van der Waals surface area contributed by atoms with E-state index in [4.69, 9.17) is 0 Å². The molecular weight excluding hydrogens is 363 g/mol. The van der Waals surface area contributed by atoms with Crippen molar-refractivity contribution in [2.45, 2.75) is 36.6 Å². The van der Waals surface area contributed by atoms with Gasteiger partial charge in [-0.05, 0) is 43.5 Å². The molecule has 0 radical (unpaired) electrons. The van der Waals surface area contributed by atoms with Crippen LogP contribution in [0.4, 0.5) is 4.39 Å². The minimum atomic E-state index is -3.81. The van der Waals surface area contributed by atoms with Gasteiger partial charge >= 0.3 is 5.97 Å². The molecule has 1 N–H and O–H groups in total. The van der Waals surface area contributed by atoms with Gasteiger partial charge in [0.15, 0.2) is 0 Å². The summed E-state index contributed by atoms with van der Waals surface area (Å²) in [7, 11) is -2.23. The molecule has 26 heavy (non-hydrogen) atoms. The van der Waals surface area contributed by atoms with E-state index in [2.05, 4.69) is 0 Å². The number of carboxylic acids is 1. The predicted molar refractivity (Wildman–Crippen MR) is 90.4 cm³/mol. The molecule has 7 nitrogen and oxygen atoms in total. The summed E-state index contributed by atoms with van der Waals surface area (Å²) in [6.45, 7) is 1.76. The lowest BCUT2D eigenvalue weighted by atomic mass is 9.77. The fourth-order valence-electron chi connectivity index (χ4n) is 4.14. The molecule has 1 aromatic carbocycles. The second-order valence-corrected chi connectivity index (χ2v) is 8.87. The minimum absolute atomic E-state index is 0.0421. The zero-order valence-corrected chi connectivity index (χ0v) is 15.4. The van der Waals surface area contributed by atoms with Crippen molar-refractivity contribution in [3.63, 3.8) is 0 Å². The molecule has 0 bridgehead atoms. The van der Waals surface area contributed by atoms with Gasteiger partial charge in [0.25, 0.3) is 0 Å². The fourth-order valence-corrected chi connectivity index (χ4v) is 5.79. The zero-order chi connectivity index (χ0) is 19.3. The molecule has 2 aliphatic heterocycles. The Balaban J connectivity index is 1.86. The van der Waals surface area contributed by atoms with Gasteiger partial charge in [0, 0.05) is 26.6 Å². The van der Waals surface area contributed by atoms with Crippen LogP contribution in [0.15, 0.2) is 23.1 Å². The third kappa shape index (κ3) is 2.79. The average molecular weight is 384 g/mol. The number of hydrogen-bond donors (Lipinski definition) is 1. The van der Waals surface area contributed by atoms with Gasteiger partial charge in [0.2, 0.25) is 15.9 Å². The number of likely N-dealkylation sites (tertiary alicyclic amines) is 1. The number of carboxylic acid groups (broad SMARTS) is 1. The Labute approximate surface area is 151 Å². The molecule has 0 saturated carbocycles. The van der Waals surface area contributed by atoms with Crippen molar-refractivity contribution in [3.05, 3.63) is 29.6 Å². The number of carbonyl (C=O) groups excluding carboxylic acids is 1. The number of piperidine rings is 1. The van der Waals surface area contributed by atoms with Crippen molar-refractivity contribution in [2.75, 3.05) is 20.1 Å². The van der Waals surface area contributed by atoms with Crippen molar-refractivity contribution in [3.8, 4) is 0 Å². The van der Waals surface area contributed by atoms with Crippen molar-refractivity contribution >= 4 is 21.9 Å². The summed E-state index contributed by atoms with van der Waals surface area (Å²) >= 11 is 0. The Morgan fingerprint density at radius 1 is 1.31 bits per heavy atom. The first-order valence-electron chi connectivity index (χ1n) is 8.35. The lowest BCUT2D eigenvalue weighted by Gasteiger charge is -2.45. The highest BCUT2D eigenvalue weighted by atomic mass is 32.2. The molecule has 1 amide bonds. The molecule has 2 aliphatic rings. The van der Waals surface area contributed by atoms with Crippen LogP contribution < -0.4 is 0 Å². The van der Waals surface area contributed by atoms with Crippen LogP contribution in [0.25, 0.3) is 0 Å². The zero-order valence-electron chi connectivity index (χ0n) is 14.6. The Morgan fingerprint density at radius 2 is 1.92 bits per heavy atom. The van der Waals surface area contributed by atoms with Crippen molar-refractivity contribution in [1.82, 2.24) is 9.21 Å². The summed E-state index contributed by atoms with van der Waals surface area (Å²) in [5.41, 5.74) is -0.533. The molecule has 2 saturated heterocycles. The molecule has 3 rings (SSSR count). The van der Waals surface area contributed by atoms with Gasteiger partial charge in [-0.1, -0.05) is 0 Å². The van der Waals surface area contributed by atoms with Crippen molar-refractivity contribution in [2.24, 2.45) is 5.92 Å². The summed E-state index contributed by atoms with van der Waals surface area (Å²) in [5, 5.41) is 9.49. The minimum Gasteiger partial charge on any atom is -0.481 e. The van der Waals surface area contributed by atoms with Crippen LogP contribution in [0.3, 0.4) is 0 Å². The second-order valence-electron chi connectivity index (χ2n) is 6.97. The average Bonchev–Trinajstić information content (AvgIpc) is 2.80. The molecule has 1 unspecified atom stereocenters. The van der Waals surface area contributed by atoms with Crippen LogP contribution in [0.1, 0.15) is 24.8 Å². The number of amides is 1. The van der Waals surface area contributed by atoms with Gasteiger partial charge < -0.3 is 10.0 Å². The van der Waals surface area contributed by atoms with Crippen LogP contribution in [-0.4, -0.2) is 60.3 Å². The number of rotatable bonds is 3.